The van der Waals surface area contributed by atoms with Gasteiger partial charge in [0.2, 0.25) is 0 Å². The molecule has 2 aliphatic rings. The lowest BCUT2D eigenvalue weighted by Crippen LogP contribution is -2.44. The minimum absolute atomic E-state index is 0.118. The molecule has 0 aromatic rings. The van der Waals surface area contributed by atoms with Crippen molar-refractivity contribution >= 4 is 46.4 Å². The third-order valence-corrected chi connectivity index (χ3v) is 6.57. The number of hydrogen-bond acceptors (Lipinski definition) is 4. The zero-order valence-electron chi connectivity index (χ0n) is 17.8. The van der Waals surface area contributed by atoms with Gasteiger partial charge in [-0.1, -0.05) is 66.0 Å². The zero-order chi connectivity index (χ0) is 21.9. The second-order valence-corrected chi connectivity index (χ2v) is 10.3. The predicted octanol–water partition coefficient (Wildman–Crippen LogP) is 3.82. The molecule has 2 heterocycles. The molecular formula is C20H34N2O4S2. The van der Waals surface area contributed by atoms with Gasteiger partial charge in [0.1, 0.15) is 12.1 Å². The van der Waals surface area contributed by atoms with Crippen molar-refractivity contribution in [3.63, 3.8) is 0 Å². The number of carboxylic acid groups (broad SMARTS) is 2. The molecule has 0 aromatic heterocycles. The van der Waals surface area contributed by atoms with Crippen LogP contribution in [0.5, 0.6) is 0 Å². The Morgan fingerprint density at radius 3 is 1.25 bits per heavy atom. The first-order chi connectivity index (χ1) is 12.7. The molecule has 28 heavy (non-hydrogen) atoms. The molecule has 0 bridgehead atoms. The molecule has 2 N–H and O–H groups in total. The van der Waals surface area contributed by atoms with Gasteiger partial charge >= 0.3 is 11.9 Å². The molecule has 2 rings (SSSR count). The Morgan fingerprint density at radius 1 is 0.750 bits per heavy atom. The Balaban J connectivity index is 0.000000280. The fourth-order valence-corrected chi connectivity index (χ4v) is 3.83. The van der Waals surface area contributed by atoms with Crippen LogP contribution in [0.3, 0.4) is 0 Å². The van der Waals surface area contributed by atoms with Crippen molar-refractivity contribution in [2.24, 2.45) is 10.8 Å². The van der Waals surface area contributed by atoms with Gasteiger partial charge in [0.25, 0.3) is 0 Å². The summed E-state index contributed by atoms with van der Waals surface area (Å²) in [6.45, 7) is 13.7. The van der Waals surface area contributed by atoms with E-state index in [1.807, 2.05) is 51.3 Å². The molecule has 0 radical (unpaired) electrons. The summed E-state index contributed by atoms with van der Waals surface area (Å²) in [4.78, 5) is 27.1. The van der Waals surface area contributed by atoms with Crippen LogP contribution in [0.2, 0.25) is 0 Å². The van der Waals surface area contributed by atoms with E-state index in [0.29, 0.717) is 12.8 Å². The van der Waals surface area contributed by atoms with Gasteiger partial charge in [0.15, 0.2) is 0 Å². The van der Waals surface area contributed by atoms with E-state index in [0.717, 1.165) is 35.9 Å². The van der Waals surface area contributed by atoms with Crippen molar-refractivity contribution < 1.29 is 19.8 Å². The number of likely N-dealkylation sites (tertiary alicyclic amines) is 2. The van der Waals surface area contributed by atoms with Gasteiger partial charge in [-0.25, -0.2) is 9.59 Å². The number of carboxylic acids is 2. The largest absolute Gasteiger partial charge is 0.480 e. The highest BCUT2D eigenvalue weighted by Crippen LogP contribution is 2.27. The zero-order valence-corrected chi connectivity index (χ0v) is 19.5. The lowest BCUT2D eigenvalue weighted by atomic mass is 9.95. The maximum atomic E-state index is 10.9. The third kappa shape index (κ3) is 6.37. The number of thiocarbonyl (C=S) groups is 2. The van der Waals surface area contributed by atoms with Crippen LogP contribution in [0, 0.1) is 10.8 Å². The summed E-state index contributed by atoms with van der Waals surface area (Å²) >= 11 is 10.6. The highest BCUT2D eigenvalue weighted by atomic mass is 32.1. The number of carbonyl (C=O) groups is 2. The molecular weight excluding hydrogens is 396 g/mol. The summed E-state index contributed by atoms with van der Waals surface area (Å²) < 4.78 is 0. The summed E-state index contributed by atoms with van der Waals surface area (Å²) in [5, 5.41) is 18.0. The Morgan fingerprint density at radius 2 is 1.04 bits per heavy atom. The highest BCUT2D eigenvalue weighted by Gasteiger charge is 2.36. The Bertz CT molecular complexity index is 569. The smallest absolute Gasteiger partial charge is 0.326 e. The number of hydrogen-bond donors (Lipinski definition) is 2. The standard InChI is InChI=1S/2C10H17NO2S/c2*1-10(2,3)9(14)11-6-4-5-7(11)8(12)13/h2*7H,4-6H2,1-3H3,(H,12,13)/t2*7-/m00/s1. The lowest BCUT2D eigenvalue weighted by Gasteiger charge is -2.32. The summed E-state index contributed by atoms with van der Waals surface area (Å²) in [5.74, 6) is -1.51. The second kappa shape index (κ2) is 9.48. The van der Waals surface area contributed by atoms with E-state index in [1.165, 1.54) is 0 Å². The number of aliphatic carboxylic acids is 2. The van der Waals surface area contributed by atoms with Gasteiger partial charge in [-0.15, -0.1) is 0 Å². The predicted molar refractivity (Wildman–Crippen MR) is 119 cm³/mol. The monoisotopic (exact) mass is 430 g/mol. The van der Waals surface area contributed by atoms with Crippen LogP contribution in [0.25, 0.3) is 0 Å². The average molecular weight is 431 g/mol. The Labute approximate surface area is 179 Å². The van der Waals surface area contributed by atoms with Crippen molar-refractivity contribution in [1.82, 2.24) is 9.80 Å². The van der Waals surface area contributed by atoms with Gasteiger partial charge < -0.3 is 20.0 Å². The molecule has 2 atom stereocenters. The molecule has 0 aliphatic carbocycles. The first-order valence-electron chi connectivity index (χ1n) is 9.75. The minimum Gasteiger partial charge on any atom is -0.480 e. The van der Waals surface area contributed by atoms with Crippen molar-refractivity contribution in [1.29, 1.82) is 0 Å². The quantitative estimate of drug-likeness (QED) is 0.640. The summed E-state index contributed by atoms with van der Waals surface area (Å²) in [7, 11) is 0. The van der Waals surface area contributed by atoms with E-state index >= 15 is 0 Å². The molecule has 0 amide bonds. The fourth-order valence-electron chi connectivity index (χ4n) is 3.39. The van der Waals surface area contributed by atoms with Gasteiger partial charge in [-0.2, -0.15) is 0 Å². The molecule has 0 saturated carbocycles. The normalized spacial score (nSPS) is 22.5. The first kappa shape index (κ1) is 24.8. The summed E-state index contributed by atoms with van der Waals surface area (Å²) in [6, 6.07) is -0.802. The van der Waals surface area contributed by atoms with Crippen LogP contribution in [0.15, 0.2) is 0 Å². The lowest BCUT2D eigenvalue weighted by molar-refractivity contribution is -0.141. The van der Waals surface area contributed by atoms with Gasteiger partial charge in [-0.05, 0) is 25.7 Å². The fraction of sp³-hybridized carbons (Fsp3) is 0.800. The summed E-state index contributed by atoms with van der Waals surface area (Å²) in [6.07, 6.45) is 3.28. The maximum Gasteiger partial charge on any atom is 0.326 e. The second-order valence-electron chi connectivity index (χ2n) is 9.49. The van der Waals surface area contributed by atoms with Crippen LogP contribution in [0.4, 0.5) is 0 Å². The van der Waals surface area contributed by atoms with Crippen LogP contribution in [-0.4, -0.2) is 67.1 Å². The highest BCUT2D eigenvalue weighted by molar-refractivity contribution is 7.80. The SMILES string of the molecule is CC(C)(C)C(=S)N1CCC[C@H]1C(=O)O.CC(C)(C)C(=S)N1CCC[C@H]1C(=O)O. The Hall–Kier alpha value is -1.28. The van der Waals surface area contributed by atoms with E-state index < -0.39 is 24.0 Å². The van der Waals surface area contributed by atoms with Gasteiger partial charge in [0.05, 0.1) is 9.98 Å². The van der Waals surface area contributed by atoms with E-state index in [4.69, 9.17) is 34.6 Å². The maximum absolute atomic E-state index is 10.9. The minimum atomic E-state index is -0.755. The van der Waals surface area contributed by atoms with Crippen molar-refractivity contribution in [3.05, 3.63) is 0 Å². The van der Waals surface area contributed by atoms with E-state index in [-0.39, 0.29) is 10.8 Å². The van der Waals surface area contributed by atoms with Crippen LogP contribution in [-0.2, 0) is 9.59 Å². The molecule has 0 unspecified atom stereocenters. The van der Waals surface area contributed by atoms with Crippen LogP contribution < -0.4 is 0 Å². The molecule has 2 saturated heterocycles. The average Bonchev–Trinajstić information content (AvgIpc) is 3.21. The summed E-state index contributed by atoms with van der Waals surface area (Å²) in [5.41, 5.74) is -0.235. The van der Waals surface area contributed by atoms with Crippen molar-refractivity contribution in [2.75, 3.05) is 13.1 Å². The topological polar surface area (TPSA) is 81.1 Å². The molecule has 2 aliphatic heterocycles. The van der Waals surface area contributed by atoms with E-state index in [2.05, 4.69) is 0 Å². The van der Waals surface area contributed by atoms with Gasteiger partial charge in [-0.3, -0.25) is 0 Å². The first-order valence-corrected chi connectivity index (χ1v) is 10.6. The van der Waals surface area contributed by atoms with Gasteiger partial charge in [0, 0.05) is 23.9 Å². The number of rotatable bonds is 2. The third-order valence-electron chi connectivity index (χ3n) is 4.88. The molecule has 8 heteroatoms. The molecule has 0 spiro atoms. The van der Waals surface area contributed by atoms with Crippen LogP contribution >= 0.6 is 24.4 Å². The Kier molecular flexibility index (Phi) is 8.38. The van der Waals surface area contributed by atoms with Crippen LogP contribution in [0.1, 0.15) is 67.2 Å². The van der Waals surface area contributed by atoms with Crippen molar-refractivity contribution in [3.8, 4) is 0 Å². The molecule has 6 nitrogen and oxygen atoms in total. The number of nitrogens with zero attached hydrogens (tertiary/aromatic N) is 2. The van der Waals surface area contributed by atoms with E-state index in [9.17, 15) is 9.59 Å². The van der Waals surface area contributed by atoms with Crippen molar-refractivity contribution in [2.45, 2.75) is 79.3 Å². The molecule has 0 aromatic carbocycles. The molecule has 2 fully saturated rings. The molecule has 160 valence electrons. The van der Waals surface area contributed by atoms with E-state index in [1.54, 1.807) is 0 Å².